The zero-order valence-corrected chi connectivity index (χ0v) is 15.4. The number of urea groups is 1. The maximum absolute atomic E-state index is 12.4. The standard InChI is InChI=1S/C17H25ClN4O3/c1-21-10-15(16(11-21)24-2)20-17(23)19-14-9-12(3-4-13(14)18)22-5-7-25-8-6-22/h3-4,9,15-16H,5-8,10-11H2,1-2H3,(H2,19,20,23)/t15-,16-/m1/s1. The topological polar surface area (TPSA) is 66.1 Å². The van der Waals surface area contributed by atoms with Gasteiger partial charge < -0.3 is 29.9 Å². The van der Waals surface area contributed by atoms with Crippen LogP contribution >= 0.6 is 11.6 Å². The molecule has 25 heavy (non-hydrogen) atoms. The summed E-state index contributed by atoms with van der Waals surface area (Å²) < 4.78 is 10.8. The number of likely N-dealkylation sites (N-methyl/N-ethyl adjacent to an activating group) is 1. The van der Waals surface area contributed by atoms with Crippen LogP contribution in [0.15, 0.2) is 18.2 Å². The van der Waals surface area contributed by atoms with E-state index in [4.69, 9.17) is 21.1 Å². The van der Waals surface area contributed by atoms with Gasteiger partial charge in [0.2, 0.25) is 0 Å². The Labute approximate surface area is 153 Å². The van der Waals surface area contributed by atoms with Crippen LogP contribution in [0.3, 0.4) is 0 Å². The minimum absolute atomic E-state index is 0.00842. The summed E-state index contributed by atoms with van der Waals surface area (Å²) in [6, 6.07) is 5.36. The Balaban J connectivity index is 1.64. The van der Waals surface area contributed by atoms with Gasteiger partial charge in [-0.3, -0.25) is 0 Å². The summed E-state index contributed by atoms with van der Waals surface area (Å²) >= 11 is 6.26. The zero-order chi connectivity index (χ0) is 17.8. The van der Waals surface area contributed by atoms with Gasteiger partial charge in [0.25, 0.3) is 0 Å². The van der Waals surface area contributed by atoms with E-state index in [-0.39, 0.29) is 18.2 Å². The van der Waals surface area contributed by atoms with Crippen molar-refractivity contribution >= 4 is 29.0 Å². The predicted molar refractivity (Wildman–Crippen MR) is 98.7 cm³/mol. The Morgan fingerprint density at radius 2 is 2.08 bits per heavy atom. The third-order valence-electron chi connectivity index (χ3n) is 4.64. The molecule has 0 unspecified atom stereocenters. The van der Waals surface area contributed by atoms with E-state index in [0.29, 0.717) is 23.9 Å². The minimum Gasteiger partial charge on any atom is -0.378 e. The molecule has 1 aromatic carbocycles. The Morgan fingerprint density at radius 3 is 2.80 bits per heavy atom. The number of nitrogens with zero attached hydrogens (tertiary/aromatic N) is 2. The first-order valence-corrected chi connectivity index (χ1v) is 8.85. The van der Waals surface area contributed by atoms with Crippen LogP contribution in [0.1, 0.15) is 0 Å². The SMILES string of the molecule is CO[C@@H]1CN(C)C[C@H]1NC(=O)Nc1cc(N2CCOCC2)ccc1Cl. The lowest BCUT2D eigenvalue weighted by Crippen LogP contribution is -2.45. The Kier molecular flexibility index (Phi) is 6.01. The normalized spacial score (nSPS) is 24.4. The molecule has 1 aromatic rings. The summed E-state index contributed by atoms with van der Waals surface area (Å²) in [6.07, 6.45) is -0.00842. The number of halogens is 1. The lowest BCUT2D eigenvalue weighted by atomic mass is 10.2. The highest BCUT2D eigenvalue weighted by atomic mass is 35.5. The van der Waals surface area contributed by atoms with Crippen molar-refractivity contribution in [2.45, 2.75) is 12.1 Å². The molecule has 2 amide bonds. The van der Waals surface area contributed by atoms with Crippen LogP contribution in [0, 0.1) is 0 Å². The van der Waals surface area contributed by atoms with Gasteiger partial charge in [-0.05, 0) is 25.2 Å². The monoisotopic (exact) mass is 368 g/mol. The molecule has 8 heteroatoms. The van der Waals surface area contributed by atoms with Gasteiger partial charge >= 0.3 is 6.03 Å². The van der Waals surface area contributed by atoms with Gasteiger partial charge in [-0.15, -0.1) is 0 Å². The van der Waals surface area contributed by atoms with Crippen LogP contribution in [-0.4, -0.2) is 76.6 Å². The van der Waals surface area contributed by atoms with Gasteiger partial charge in [0, 0.05) is 39.0 Å². The molecule has 7 nitrogen and oxygen atoms in total. The molecule has 2 atom stereocenters. The van der Waals surface area contributed by atoms with E-state index in [2.05, 4.69) is 20.4 Å². The molecule has 2 N–H and O–H groups in total. The van der Waals surface area contributed by atoms with E-state index in [1.807, 2.05) is 25.2 Å². The number of likely N-dealkylation sites (tertiary alicyclic amines) is 1. The fourth-order valence-electron chi connectivity index (χ4n) is 3.29. The van der Waals surface area contributed by atoms with Crippen molar-refractivity contribution in [1.82, 2.24) is 10.2 Å². The average molecular weight is 369 g/mol. The highest BCUT2D eigenvalue weighted by Gasteiger charge is 2.32. The first kappa shape index (κ1) is 18.3. The first-order valence-electron chi connectivity index (χ1n) is 8.48. The summed E-state index contributed by atoms with van der Waals surface area (Å²) in [4.78, 5) is 16.7. The molecular formula is C17H25ClN4O3. The quantitative estimate of drug-likeness (QED) is 0.845. The molecule has 0 aromatic heterocycles. The number of carbonyl (C=O) groups is 1. The van der Waals surface area contributed by atoms with E-state index >= 15 is 0 Å². The van der Waals surface area contributed by atoms with Crippen molar-refractivity contribution in [1.29, 1.82) is 0 Å². The van der Waals surface area contributed by atoms with Crippen LogP contribution in [-0.2, 0) is 9.47 Å². The number of hydrogen-bond donors (Lipinski definition) is 2. The second-order valence-electron chi connectivity index (χ2n) is 6.46. The summed E-state index contributed by atoms with van der Waals surface area (Å²) in [5, 5.41) is 6.35. The molecule has 2 fully saturated rings. The molecule has 0 bridgehead atoms. The van der Waals surface area contributed by atoms with Crippen LogP contribution in [0.4, 0.5) is 16.2 Å². The van der Waals surface area contributed by atoms with Crippen molar-refractivity contribution in [2.75, 3.05) is 63.8 Å². The molecule has 2 saturated heterocycles. The number of carbonyl (C=O) groups excluding carboxylic acids is 1. The number of nitrogens with one attached hydrogen (secondary N) is 2. The highest BCUT2D eigenvalue weighted by molar-refractivity contribution is 6.33. The van der Waals surface area contributed by atoms with E-state index in [9.17, 15) is 4.79 Å². The number of hydrogen-bond acceptors (Lipinski definition) is 5. The number of ether oxygens (including phenoxy) is 2. The molecule has 0 radical (unpaired) electrons. The van der Waals surface area contributed by atoms with E-state index in [1.165, 1.54) is 0 Å². The lowest BCUT2D eigenvalue weighted by molar-refractivity contribution is 0.0940. The van der Waals surface area contributed by atoms with Crippen molar-refractivity contribution in [2.24, 2.45) is 0 Å². The minimum atomic E-state index is -0.275. The molecule has 0 saturated carbocycles. The predicted octanol–water partition coefficient (Wildman–Crippen LogP) is 1.63. The second-order valence-corrected chi connectivity index (χ2v) is 6.87. The fraction of sp³-hybridized carbons (Fsp3) is 0.588. The van der Waals surface area contributed by atoms with Crippen molar-refractivity contribution < 1.29 is 14.3 Å². The van der Waals surface area contributed by atoms with E-state index in [0.717, 1.165) is 31.9 Å². The number of anilines is 2. The van der Waals surface area contributed by atoms with Gasteiger partial charge in [-0.25, -0.2) is 4.79 Å². The van der Waals surface area contributed by atoms with E-state index in [1.54, 1.807) is 7.11 Å². The van der Waals surface area contributed by atoms with Gasteiger partial charge in [0.1, 0.15) is 0 Å². The fourth-order valence-corrected chi connectivity index (χ4v) is 3.46. The van der Waals surface area contributed by atoms with E-state index < -0.39 is 0 Å². The maximum Gasteiger partial charge on any atom is 0.319 e. The Morgan fingerprint density at radius 1 is 1.32 bits per heavy atom. The highest BCUT2D eigenvalue weighted by Crippen LogP contribution is 2.28. The Hall–Kier alpha value is -1.54. The number of morpholine rings is 1. The van der Waals surface area contributed by atoms with Crippen molar-refractivity contribution in [3.8, 4) is 0 Å². The van der Waals surface area contributed by atoms with Crippen molar-refractivity contribution in [3.05, 3.63) is 23.2 Å². The van der Waals surface area contributed by atoms with Crippen molar-refractivity contribution in [3.63, 3.8) is 0 Å². The number of rotatable bonds is 4. The van der Waals surface area contributed by atoms with Crippen LogP contribution in [0.5, 0.6) is 0 Å². The maximum atomic E-state index is 12.4. The molecule has 2 aliphatic heterocycles. The van der Waals surface area contributed by atoms with Gasteiger partial charge in [-0.1, -0.05) is 11.6 Å². The third kappa shape index (κ3) is 4.55. The number of amides is 2. The molecular weight excluding hydrogens is 344 g/mol. The average Bonchev–Trinajstić information content (AvgIpc) is 2.97. The largest absolute Gasteiger partial charge is 0.378 e. The number of methoxy groups -OCH3 is 1. The molecule has 0 spiro atoms. The van der Waals surface area contributed by atoms with Crippen LogP contribution < -0.4 is 15.5 Å². The van der Waals surface area contributed by atoms with Crippen LogP contribution in [0.25, 0.3) is 0 Å². The second kappa shape index (κ2) is 8.23. The molecule has 0 aliphatic carbocycles. The Bertz CT molecular complexity index is 610. The van der Waals surface area contributed by atoms with Gasteiger partial charge in [-0.2, -0.15) is 0 Å². The molecule has 138 valence electrons. The lowest BCUT2D eigenvalue weighted by Gasteiger charge is -2.29. The van der Waals surface area contributed by atoms with Crippen LogP contribution in [0.2, 0.25) is 5.02 Å². The zero-order valence-electron chi connectivity index (χ0n) is 14.6. The molecule has 3 rings (SSSR count). The molecule has 2 heterocycles. The number of benzene rings is 1. The summed E-state index contributed by atoms with van der Waals surface area (Å²) in [6.45, 7) is 4.63. The van der Waals surface area contributed by atoms with Gasteiger partial charge in [0.15, 0.2) is 0 Å². The smallest absolute Gasteiger partial charge is 0.319 e. The van der Waals surface area contributed by atoms with Gasteiger partial charge in [0.05, 0.1) is 36.1 Å². The summed E-state index contributed by atoms with van der Waals surface area (Å²) in [7, 11) is 3.67. The molecule has 2 aliphatic rings. The summed E-state index contributed by atoms with van der Waals surface area (Å²) in [5.41, 5.74) is 1.63. The first-order chi connectivity index (χ1) is 12.1. The third-order valence-corrected chi connectivity index (χ3v) is 4.97. The summed E-state index contributed by atoms with van der Waals surface area (Å²) in [5.74, 6) is 0.